The zero-order valence-electron chi connectivity index (χ0n) is 8.78. The van der Waals surface area contributed by atoms with Gasteiger partial charge in [0.05, 0.1) is 6.61 Å². The molecule has 84 valence electrons. The van der Waals surface area contributed by atoms with Crippen LogP contribution in [0.4, 0.5) is 0 Å². The number of hydrogen-bond acceptors (Lipinski definition) is 4. The van der Waals surface area contributed by atoms with Crippen LogP contribution in [0, 0.1) is 0 Å². The van der Waals surface area contributed by atoms with Crippen LogP contribution < -0.4 is 5.32 Å². The second-order valence-electron chi connectivity index (χ2n) is 3.82. The minimum absolute atomic E-state index is 0.218. The Morgan fingerprint density at radius 1 is 1.07 bits per heavy atom. The van der Waals surface area contributed by atoms with Crippen molar-refractivity contribution in [3.05, 3.63) is 0 Å². The van der Waals surface area contributed by atoms with Gasteiger partial charge in [-0.1, -0.05) is 0 Å². The van der Waals surface area contributed by atoms with Gasteiger partial charge in [0.2, 0.25) is 0 Å². The highest BCUT2D eigenvalue weighted by molar-refractivity contribution is 4.77. The van der Waals surface area contributed by atoms with E-state index in [1.54, 1.807) is 0 Å². The zero-order chi connectivity index (χ0) is 10.2. The lowest BCUT2D eigenvalue weighted by atomic mass is 10.0. The van der Waals surface area contributed by atoms with Crippen LogP contribution in [0.25, 0.3) is 0 Å². The van der Waals surface area contributed by atoms with Crippen molar-refractivity contribution in [1.29, 1.82) is 0 Å². The molecular weight excluding hydrogens is 180 g/mol. The third kappa shape index (κ3) is 3.92. The summed E-state index contributed by atoms with van der Waals surface area (Å²) in [6.45, 7) is 4.26. The molecule has 1 fully saturated rings. The quantitative estimate of drug-likeness (QED) is 0.539. The summed E-state index contributed by atoms with van der Waals surface area (Å²) >= 11 is 0. The molecule has 0 aromatic rings. The highest BCUT2D eigenvalue weighted by Gasteiger charge is 2.19. The minimum Gasteiger partial charge on any atom is -0.396 e. The first-order valence-electron chi connectivity index (χ1n) is 5.55. The standard InChI is InChI=1S/C10H22N2O2/c13-8-1-6-12(7-9-14)10-2-4-11-5-3-10/h10-11,13-14H,1-9H2. The van der Waals surface area contributed by atoms with Gasteiger partial charge in [-0.15, -0.1) is 0 Å². The Kier molecular flexibility index (Phi) is 6.10. The molecule has 14 heavy (non-hydrogen) atoms. The van der Waals surface area contributed by atoms with E-state index >= 15 is 0 Å². The summed E-state index contributed by atoms with van der Waals surface area (Å²) in [5.41, 5.74) is 0. The Hall–Kier alpha value is -0.160. The lowest BCUT2D eigenvalue weighted by molar-refractivity contribution is 0.118. The monoisotopic (exact) mass is 202 g/mol. The number of aliphatic hydroxyl groups excluding tert-OH is 2. The van der Waals surface area contributed by atoms with Crippen LogP contribution in [-0.2, 0) is 0 Å². The third-order valence-corrected chi connectivity index (χ3v) is 2.82. The van der Waals surface area contributed by atoms with E-state index in [1.165, 1.54) is 0 Å². The number of hydrogen-bond donors (Lipinski definition) is 3. The lowest BCUT2D eigenvalue weighted by Crippen LogP contribution is -2.44. The Morgan fingerprint density at radius 2 is 1.79 bits per heavy atom. The first-order chi connectivity index (χ1) is 6.88. The number of piperidine rings is 1. The Labute approximate surface area is 85.9 Å². The van der Waals surface area contributed by atoms with Gasteiger partial charge < -0.3 is 15.5 Å². The van der Waals surface area contributed by atoms with E-state index in [2.05, 4.69) is 10.2 Å². The second kappa shape index (κ2) is 7.17. The molecule has 0 aliphatic carbocycles. The van der Waals surface area contributed by atoms with Crippen LogP contribution in [0.2, 0.25) is 0 Å². The fraction of sp³-hybridized carbons (Fsp3) is 1.00. The maximum atomic E-state index is 8.95. The highest BCUT2D eigenvalue weighted by atomic mass is 16.3. The number of aliphatic hydroxyl groups is 2. The van der Waals surface area contributed by atoms with E-state index in [0.717, 1.165) is 45.4 Å². The van der Waals surface area contributed by atoms with E-state index < -0.39 is 0 Å². The molecule has 4 heteroatoms. The van der Waals surface area contributed by atoms with Crippen LogP contribution >= 0.6 is 0 Å². The molecule has 1 heterocycles. The molecule has 1 aliphatic rings. The van der Waals surface area contributed by atoms with Crippen LogP contribution in [-0.4, -0.2) is 60.5 Å². The molecule has 0 atom stereocenters. The van der Waals surface area contributed by atoms with E-state index in [-0.39, 0.29) is 13.2 Å². The molecule has 0 amide bonds. The molecule has 0 aromatic carbocycles. The number of nitrogens with zero attached hydrogens (tertiary/aromatic N) is 1. The maximum absolute atomic E-state index is 8.95. The van der Waals surface area contributed by atoms with Crippen LogP contribution in [0.15, 0.2) is 0 Å². The fourth-order valence-corrected chi connectivity index (χ4v) is 2.05. The summed E-state index contributed by atoms with van der Waals surface area (Å²) in [5.74, 6) is 0. The summed E-state index contributed by atoms with van der Waals surface area (Å²) in [5, 5.41) is 21.1. The van der Waals surface area contributed by atoms with E-state index in [9.17, 15) is 0 Å². The molecule has 0 aromatic heterocycles. The van der Waals surface area contributed by atoms with Gasteiger partial charge in [0, 0.05) is 25.7 Å². The van der Waals surface area contributed by atoms with Crippen molar-refractivity contribution in [3.8, 4) is 0 Å². The van der Waals surface area contributed by atoms with Crippen molar-refractivity contribution >= 4 is 0 Å². The molecule has 1 aliphatic heterocycles. The molecule has 0 bridgehead atoms. The highest BCUT2D eigenvalue weighted by Crippen LogP contribution is 2.11. The van der Waals surface area contributed by atoms with Gasteiger partial charge >= 0.3 is 0 Å². The average molecular weight is 202 g/mol. The summed E-state index contributed by atoms with van der Waals surface area (Å²) in [7, 11) is 0. The Bertz CT molecular complexity index is 138. The van der Waals surface area contributed by atoms with Gasteiger partial charge in [0.15, 0.2) is 0 Å². The Balaban J connectivity index is 2.30. The van der Waals surface area contributed by atoms with Gasteiger partial charge in [-0.2, -0.15) is 0 Å². The van der Waals surface area contributed by atoms with E-state index in [1.807, 2.05) is 0 Å². The average Bonchev–Trinajstić information content (AvgIpc) is 2.25. The Morgan fingerprint density at radius 3 is 2.36 bits per heavy atom. The maximum Gasteiger partial charge on any atom is 0.0558 e. The first kappa shape index (κ1) is 11.9. The van der Waals surface area contributed by atoms with Gasteiger partial charge in [0.25, 0.3) is 0 Å². The predicted octanol–water partition coefficient (Wildman–Crippen LogP) is -0.585. The molecule has 0 spiro atoms. The second-order valence-corrected chi connectivity index (χ2v) is 3.82. The SMILES string of the molecule is OCCCN(CCO)C1CCNCC1. The van der Waals surface area contributed by atoms with Crippen molar-refractivity contribution < 1.29 is 10.2 Å². The van der Waals surface area contributed by atoms with Crippen LogP contribution in [0.5, 0.6) is 0 Å². The summed E-state index contributed by atoms with van der Waals surface area (Å²) < 4.78 is 0. The summed E-state index contributed by atoms with van der Waals surface area (Å²) in [6.07, 6.45) is 3.13. The van der Waals surface area contributed by atoms with Gasteiger partial charge in [-0.3, -0.25) is 4.90 Å². The normalized spacial score (nSPS) is 19.1. The molecule has 0 unspecified atom stereocenters. The largest absolute Gasteiger partial charge is 0.396 e. The summed E-state index contributed by atoms with van der Waals surface area (Å²) in [6, 6.07) is 0.593. The third-order valence-electron chi connectivity index (χ3n) is 2.82. The van der Waals surface area contributed by atoms with E-state index in [0.29, 0.717) is 6.04 Å². The van der Waals surface area contributed by atoms with Crippen molar-refractivity contribution in [2.75, 3.05) is 39.4 Å². The molecule has 0 saturated carbocycles. The topological polar surface area (TPSA) is 55.7 Å². The molecular formula is C10H22N2O2. The van der Waals surface area contributed by atoms with Gasteiger partial charge in [-0.05, 0) is 32.4 Å². The molecule has 1 saturated heterocycles. The fourth-order valence-electron chi connectivity index (χ4n) is 2.05. The lowest BCUT2D eigenvalue weighted by Gasteiger charge is -2.34. The van der Waals surface area contributed by atoms with Gasteiger partial charge in [0.1, 0.15) is 0 Å². The smallest absolute Gasteiger partial charge is 0.0558 e. The molecule has 3 N–H and O–H groups in total. The summed E-state index contributed by atoms with van der Waals surface area (Å²) in [4.78, 5) is 2.30. The van der Waals surface area contributed by atoms with Crippen molar-refractivity contribution in [3.63, 3.8) is 0 Å². The number of nitrogens with one attached hydrogen (secondary N) is 1. The van der Waals surface area contributed by atoms with E-state index in [4.69, 9.17) is 10.2 Å². The molecule has 4 nitrogen and oxygen atoms in total. The minimum atomic E-state index is 0.218. The molecule has 1 rings (SSSR count). The van der Waals surface area contributed by atoms with Crippen LogP contribution in [0.3, 0.4) is 0 Å². The number of rotatable bonds is 6. The van der Waals surface area contributed by atoms with Crippen molar-refractivity contribution in [2.24, 2.45) is 0 Å². The van der Waals surface area contributed by atoms with Crippen molar-refractivity contribution in [1.82, 2.24) is 10.2 Å². The van der Waals surface area contributed by atoms with Gasteiger partial charge in [-0.25, -0.2) is 0 Å². The molecule has 0 radical (unpaired) electrons. The van der Waals surface area contributed by atoms with Crippen LogP contribution in [0.1, 0.15) is 19.3 Å². The zero-order valence-corrected chi connectivity index (χ0v) is 8.78. The van der Waals surface area contributed by atoms with Crippen molar-refractivity contribution in [2.45, 2.75) is 25.3 Å². The first-order valence-corrected chi connectivity index (χ1v) is 5.55. The predicted molar refractivity (Wildman–Crippen MR) is 56.3 cm³/mol.